The summed E-state index contributed by atoms with van der Waals surface area (Å²) < 4.78 is 3.73. The lowest BCUT2D eigenvalue weighted by Gasteiger charge is -2.07. The van der Waals surface area contributed by atoms with Crippen molar-refractivity contribution in [2.45, 2.75) is 0 Å². The number of aryl methyl sites for hydroxylation is 1. The van der Waals surface area contributed by atoms with E-state index in [9.17, 15) is 9.90 Å². The number of hydrogen-bond acceptors (Lipinski definition) is 2. The van der Waals surface area contributed by atoms with E-state index in [0.717, 1.165) is 27.6 Å². The number of fused-ring (bicyclic) bond motifs is 3. The van der Waals surface area contributed by atoms with Crippen molar-refractivity contribution in [3.05, 3.63) is 59.2 Å². The Morgan fingerprint density at radius 1 is 1.13 bits per heavy atom. The van der Waals surface area contributed by atoms with Crippen LogP contribution in [0.25, 0.3) is 27.6 Å². The van der Waals surface area contributed by atoms with E-state index >= 15 is 0 Å². The highest BCUT2D eigenvalue weighted by molar-refractivity contribution is 6.30. The molecule has 6 heteroatoms. The Bertz CT molecular complexity index is 1060. The Kier molecular flexibility index (Phi) is 2.92. The summed E-state index contributed by atoms with van der Waals surface area (Å²) in [5, 5.41) is 16.2. The summed E-state index contributed by atoms with van der Waals surface area (Å²) in [6.07, 6.45) is 1.90. The predicted molar refractivity (Wildman–Crippen MR) is 89.5 cm³/mol. The van der Waals surface area contributed by atoms with Gasteiger partial charge < -0.3 is 5.11 Å². The van der Waals surface area contributed by atoms with E-state index in [1.165, 1.54) is 0 Å². The first-order valence-corrected chi connectivity index (χ1v) is 7.39. The van der Waals surface area contributed by atoms with Gasteiger partial charge in [-0.15, -0.1) is 0 Å². The number of carbonyl (C=O) groups is 1. The molecular weight excluding hydrogens is 314 g/mol. The lowest BCUT2D eigenvalue weighted by atomic mass is 10.1. The van der Waals surface area contributed by atoms with Crippen molar-refractivity contribution in [2.75, 3.05) is 0 Å². The normalized spacial score (nSPS) is 11.4. The minimum absolute atomic E-state index is 0.261. The number of benzene rings is 2. The Morgan fingerprint density at radius 3 is 2.57 bits per heavy atom. The summed E-state index contributed by atoms with van der Waals surface area (Å²) in [6, 6.07) is 12.6. The van der Waals surface area contributed by atoms with Crippen LogP contribution >= 0.6 is 11.6 Å². The Balaban J connectivity index is 2.12. The highest BCUT2D eigenvalue weighted by Crippen LogP contribution is 2.32. The van der Waals surface area contributed by atoms with Gasteiger partial charge in [0, 0.05) is 34.7 Å². The zero-order chi connectivity index (χ0) is 16.1. The number of aromatic nitrogens is 3. The van der Waals surface area contributed by atoms with Crippen LogP contribution in [-0.2, 0) is 7.05 Å². The number of halogens is 1. The highest BCUT2D eigenvalue weighted by Gasteiger charge is 2.16. The van der Waals surface area contributed by atoms with E-state index in [1.807, 2.05) is 48.1 Å². The molecule has 2 heterocycles. The maximum Gasteiger partial charge on any atom is 0.335 e. The van der Waals surface area contributed by atoms with Gasteiger partial charge in [-0.05, 0) is 42.5 Å². The van der Waals surface area contributed by atoms with Crippen molar-refractivity contribution in [3.63, 3.8) is 0 Å². The molecule has 5 nitrogen and oxygen atoms in total. The lowest BCUT2D eigenvalue weighted by molar-refractivity contribution is 0.0697. The molecule has 0 aliphatic carbocycles. The Morgan fingerprint density at radius 2 is 1.87 bits per heavy atom. The molecule has 0 unspecified atom stereocenters. The van der Waals surface area contributed by atoms with E-state index in [1.54, 1.807) is 16.8 Å². The van der Waals surface area contributed by atoms with Gasteiger partial charge in [0.05, 0.1) is 11.1 Å². The van der Waals surface area contributed by atoms with Crippen LogP contribution in [0.15, 0.2) is 48.7 Å². The summed E-state index contributed by atoms with van der Waals surface area (Å²) in [5.74, 6) is -0.941. The molecule has 2 aromatic heterocycles. The Hall–Kier alpha value is -2.79. The van der Waals surface area contributed by atoms with Crippen molar-refractivity contribution < 1.29 is 9.90 Å². The third kappa shape index (κ3) is 2.09. The zero-order valence-corrected chi connectivity index (χ0v) is 12.9. The molecule has 0 radical (unpaired) electrons. The van der Waals surface area contributed by atoms with Crippen LogP contribution in [0.5, 0.6) is 0 Å². The van der Waals surface area contributed by atoms with Gasteiger partial charge in [0.1, 0.15) is 0 Å². The molecule has 2 aromatic carbocycles. The van der Waals surface area contributed by atoms with Crippen LogP contribution in [-0.4, -0.2) is 25.4 Å². The molecule has 0 fully saturated rings. The first kappa shape index (κ1) is 13.8. The average Bonchev–Trinajstić information content (AvgIpc) is 3.03. The Labute approximate surface area is 136 Å². The fraction of sp³-hybridized carbons (Fsp3) is 0.0588. The molecule has 0 aliphatic heterocycles. The second-order valence-electron chi connectivity index (χ2n) is 5.39. The molecule has 0 bridgehead atoms. The molecule has 23 heavy (non-hydrogen) atoms. The van der Waals surface area contributed by atoms with Gasteiger partial charge in [0.25, 0.3) is 0 Å². The minimum Gasteiger partial charge on any atom is -0.478 e. The molecule has 0 aliphatic rings. The molecular formula is C17H12ClN3O2. The van der Waals surface area contributed by atoms with E-state index in [4.69, 9.17) is 11.6 Å². The van der Waals surface area contributed by atoms with E-state index in [-0.39, 0.29) is 5.56 Å². The van der Waals surface area contributed by atoms with Crippen molar-refractivity contribution in [1.82, 2.24) is 14.3 Å². The summed E-state index contributed by atoms with van der Waals surface area (Å²) >= 11 is 5.98. The third-order valence-corrected chi connectivity index (χ3v) is 4.13. The average molecular weight is 326 g/mol. The van der Waals surface area contributed by atoms with Crippen LogP contribution in [0.1, 0.15) is 10.4 Å². The van der Waals surface area contributed by atoms with E-state index < -0.39 is 5.97 Å². The molecule has 0 saturated carbocycles. The number of hydrogen-bond donors (Lipinski definition) is 1. The summed E-state index contributed by atoms with van der Waals surface area (Å²) in [5.41, 5.74) is 2.88. The smallest absolute Gasteiger partial charge is 0.335 e. The second kappa shape index (κ2) is 4.86. The molecule has 4 aromatic rings. The van der Waals surface area contributed by atoms with Gasteiger partial charge in [-0.3, -0.25) is 9.25 Å². The number of nitrogens with zero attached hydrogens (tertiary/aromatic N) is 3. The first-order chi connectivity index (χ1) is 11.0. The molecule has 1 N–H and O–H groups in total. The zero-order valence-electron chi connectivity index (χ0n) is 12.2. The van der Waals surface area contributed by atoms with Crippen LogP contribution in [0.3, 0.4) is 0 Å². The molecule has 4 rings (SSSR count). The van der Waals surface area contributed by atoms with Gasteiger partial charge in [-0.1, -0.05) is 11.6 Å². The quantitative estimate of drug-likeness (QED) is 0.608. The van der Waals surface area contributed by atoms with Gasteiger partial charge >= 0.3 is 5.97 Å². The van der Waals surface area contributed by atoms with Crippen molar-refractivity contribution in [3.8, 4) is 5.69 Å². The third-order valence-electron chi connectivity index (χ3n) is 3.88. The topological polar surface area (TPSA) is 60.1 Å². The van der Waals surface area contributed by atoms with Gasteiger partial charge in [-0.2, -0.15) is 5.10 Å². The minimum atomic E-state index is -0.941. The van der Waals surface area contributed by atoms with Crippen LogP contribution < -0.4 is 0 Å². The summed E-state index contributed by atoms with van der Waals surface area (Å²) in [7, 11) is 1.85. The van der Waals surface area contributed by atoms with Crippen LogP contribution in [0.2, 0.25) is 5.02 Å². The number of aromatic carboxylic acids is 1. The lowest BCUT2D eigenvalue weighted by Crippen LogP contribution is -1.98. The fourth-order valence-corrected chi connectivity index (χ4v) is 3.00. The molecule has 0 saturated heterocycles. The maximum absolute atomic E-state index is 11.3. The van der Waals surface area contributed by atoms with Crippen molar-refractivity contribution >= 4 is 39.5 Å². The van der Waals surface area contributed by atoms with Gasteiger partial charge in [0.2, 0.25) is 0 Å². The standard InChI is InChI=1S/C17H12ClN3O2/c1-20-9-14-13-8-10(17(22)23)2-7-15(13)21(16(14)19-20)12-5-3-11(18)4-6-12/h2-9H,1H3,(H,22,23). The maximum atomic E-state index is 11.3. The fourth-order valence-electron chi connectivity index (χ4n) is 2.88. The summed E-state index contributed by atoms with van der Waals surface area (Å²) in [4.78, 5) is 11.3. The van der Waals surface area contributed by atoms with Crippen LogP contribution in [0.4, 0.5) is 0 Å². The number of carboxylic acid groups (broad SMARTS) is 1. The van der Waals surface area contributed by atoms with Crippen molar-refractivity contribution in [1.29, 1.82) is 0 Å². The van der Waals surface area contributed by atoms with Crippen molar-refractivity contribution in [2.24, 2.45) is 7.05 Å². The second-order valence-corrected chi connectivity index (χ2v) is 5.83. The predicted octanol–water partition coefficient (Wildman–Crippen LogP) is 3.87. The highest BCUT2D eigenvalue weighted by atomic mass is 35.5. The van der Waals surface area contributed by atoms with Gasteiger partial charge in [-0.25, -0.2) is 4.79 Å². The van der Waals surface area contributed by atoms with Gasteiger partial charge in [0.15, 0.2) is 5.65 Å². The van der Waals surface area contributed by atoms with E-state index in [2.05, 4.69) is 5.10 Å². The number of rotatable bonds is 2. The van der Waals surface area contributed by atoms with E-state index in [0.29, 0.717) is 5.02 Å². The first-order valence-electron chi connectivity index (χ1n) is 7.01. The summed E-state index contributed by atoms with van der Waals surface area (Å²) in [6.45, 7) is 0. The molecule has 0 amide bonds. The SMILES string of the molecule is Cn1cc2c3cc(C(=O)O)ccc3n(-c3ccc(Cl)cc3)c2n1. The number of carboxylic acids is 1. The monoisotopic (exact) mass is 325 g/mol. The largest absolute Gasteiger partial charge is 0.478 e. The molecule has 0 atom stereocenters. The molecule has 114 valence electrons. The van der Waals surface area contributed by atoms with Crippen LogP contribution in [0, 0.1) is 0 Å². The molecule has 0 spiro atoms.